The van der Waals surface area contributed by atoms with Crippen molar-refractivity contribution >= 4 is 6.21 Å². The van der Waals surface area contributed by atoms with E-state index in [2.05, 4.69) is 6.58 Å². The predicted molar refractivity (Wildman–Crippen MR) is 49.6 cm³/mol. The van der Waals surface area contributed by atoms with Gasteiger partial charge in [-0.2, -0.15) is 0 Å². The third-order valence-electron chi connectivity index (χ3n) is 1.22. The average Bonchev–Trinajstić information content (AvgIpc) is 1.98. The van der Waals surface area contributed by atoms with E-state index in [4.69, 9.17) is 11.1 Å². The van der Waals surface area contributed by atoms with Gasteiger partial charge in [0.2, 0.25) is 0 Å². The number of hydrogen-bond donors (Lipinski definition) is 2. The minimum absolute atomic E-state index is 0.614. The summed E-state index contributed by atoms with van der Waals surface area (Å²) in [6, 6.07) is 0. The normalized spacial score (nSPS) is 12.9. The molecule has 0 aromatic heterocycles. The largest absolute Gasteiger partial charge is 0.398 e. The zero-order valence-electron chi connectivity index (χ0n) is 7.02. The van der Waals surface area contributed by atoms with Crippen molar-refractivity contribution in [2.45, 2.75) is 13.8 Å². The van der Waals surface area contributed by atoms with E-state index in [9.17, 15) is 0 Å². The molecule has 2 nitrogen and oxygen atoms in total. The molecule has 0 fully saturated rings. The molecule has 0 heterocycles. The predicted octanol–water partition coefficient (Wildman–Crippen LogP) is 2.00. The Labute approximate surface area is 67.6 Å². The Morgan fingerprint density at radius 2 is 1.91 bits per heavy atom. The quantitative estimate of drug-likeness (QED) is 0.469. The van der Waals surface area contributed by atoms with Crippen LogP contribution < -0.4 is 5.73 Å². The zero-order valence-corrected chi connectivity index (χ0v) is 7.02. The molecule has 0 aliphatic heterocycles. The summed E-state index contributed by atoms with van der Waals surface area (Å²) in [5.41, 5.74) is 7.91. The molecule has 0 aromatic rings. The van der Waals surface area contributed by atoms with Crippen LogP contribution in [0.15, 0.2) is 35.6 Å². The Bertz CT molecular complexity index is 222. The first kappa shape index (κ1) is 9.69. The first-order valence-corrected chi connectivity index (χ1v) is 3.38. The molecule has 0 atom stereocenters. The van der Waals surface area contributed by atoms with E-state index in [1.54, 1.807) is 13.0 Å². The van der Waals surface area contributed by atoms with Crippen molar-refractivity contribution < 1.29 is 0 Å². The highest BCUT2D eigenvalue weighted by Gasteiger charge is 1.87. The van der Waals surface area contributed by atoms with Crippen LogP contribution in [0.4, 0.5) is 0 Å². The molecule has 0 aliphatic rings. The Kier molecular flexibility index (Phi) is 3.96. The Hall–Kier alpha value is -1.31. The number of rotatable bonds is 3. The first-order chi connectivity index (χ1) is 5.07. The van der Waals surface area contributed by atoms with Crippen molar-refractivity contribution in [1.29, 1.82) is 5.41 Å². The fourth-order valence-corrected chi connectivity index (χ4v) is 0.447. The van der Waals surface area contributed by atoms with Gasteiger partial charge < -0.3 is 11.1 Å². The Morgan fingerprint density at radius 1 is 1.36 bits per heavy atom. The lowest BCUT2D eigenvalue weighted by molar-refractivity contribution is 1.33. The van der Waals surface area contributed by atoms with Crippen molar-refractivity contribution in [3.63, 3.8) is 0 Å². The van der Waals surface area contributed by atoms with E-state index in [0.717, 1.165) is 11.1 Å². The van der Waals surface area contributed by atoms with E-state index in [1.807, 2.05) is 13.0 Å². The topological polar surface area (TPSA) is 49.9 Å². The lowest BCUT2D eigenvalue weighted by atomic mass is 10.2. The molecule has 0 aliphatic carbocycles. The summed E-state index contributed by atoms with van der Waals surface area (Å²) in [4.78, 5) is 0. The fraction of sp³-hybridized carbons (Fsp3) is 0.222. The van der Waals surface area contributed by atoms with Gasteiger partial charge in [-0.15, -0.1) is 0 Å². The monoisotopic (exact) mass is 150 g/mol. The minimum atomic E-state index is 0.614. The number of hydrogen-bond acceptors (Lipinski definition) is 2. The van der Waals surface area contributed by atoms with Gasteiger partial charge in [0, 0.05) is 11.9 Å². The Balaban J connectivity index is 4.38. The molecule has 11 heavy (non-hydrogen) atoms. The third kappa shape index (κ3) is 4.14. The second-order valence-corrected chi connectivity index (χ2v) is 2.46. The molecule has 0 unspecified atom stereocenters. The van der Waals surface area contributed by atoms with Crippen LogP contribution in [0.1, 0.15) is 13.8 Å². The second kappa shape index (κ2) is 4.50. The summed E-state index contributed by atoms with van der Waals surface area (Å²) in [5, 5.41) is 6.91. The molecule has 0 rings (SSSR count). The molecule has 0 saturated carbocycles. The first-order valence-electron chi connectivity index (χ1n) is 3.38. The van der Waals surface area contributed by atoms with Gasteiger partial charge in [-0.1, -0.05) is 18.2 Å². The zero-order chi connectivity index (χ0) is 8.85. The van der Waals surface area contributed by atoms with Crippen LogP contribution in [0.5, 0.6) is 0 Å². The molecule has 0 spiro atoms. The number of nitrogens with two attached hydrogens (primary N) is 1. The summed E-state index contributed by atoms with van der Waals surface area (Å²) in [6.07, 6.45) is 4.81. The molecule has 2 heteroatoms. The molecule has 0 bridgehead atoms. The van der Waals surface area contributed by atoms with Gasteiger partial charge in [-0.05, 0) is 25.5 Å². The van der Waals surface area contributed by atoms with Gasteiger partial charge in [0.25, 0.3) is 0 Å². The molecule has 0 saturated heterocycles. The van der Waals surface area contributed by atoms with Crippen LogP contribution in [-0.4, -0.2) is 6.21 Å². The van der Waals surface area contributed by atoms with Crippen molar-refractivity contribution in [3.8, 4) is 0 Å². The van der Waals surface area contributed by atoms with E-state index in [1.165, 1.54) is 6.21 Å². The van der Waals surface area contributed by atoms with Crippen molar-refractivity contribution in [2.24, 2.45) is 5.73 Å². The van der Waals surface area contributed by atoms with Crippen molar-refractivity contribution in [3.05, 3.63) is 35.6 Å². The summed E-state index contributed by atoms with van der Waals surface area (Å²) in [5.74, 6) is 0. The lowest BCUT2D eigenvalue weighted by Crippen LogP contribution is -1.97. The highest BCUT2D eigenvalue weighted by atomic mass is 14.6. The molecule has 3 N–H and O–H groups in total. The van der Waals surface area contributed by atoms with Gasteiger partial charge in [-0.3, -0.25) is 0 Å². The molecular formula is C9H14N2. The van der Waals surface area contributed by atoms with E-state index < -0.39 is 0 Å². The molecule has 0 aromatic carbocycles. The van der Waals surface area contributed by atoms with Gasteiger partial charge in [0.15, 0.2) is 0 Å². The third-order valence-corrected chi connectivity index (χ3v) is 1.22. The van der Waals surface area contributed by atoms with Gasteiger partial charge in [0.1, 0.15) is 0 Å². The van der Waals surface area contributed by atoms with Gasteiger partial charge in [-0.25, -0.2) is 0 Å². The summed E-state index contributed by atoms with van der Waals surface area (Å²) >= 11 is 0. The summed E-state index contributed by atoms with van der Waals surface area (Å²) in [6.45, 7) is 7.38. The standard InChI is InChI=1S/C9H14N2/c1-7(2)4-5-9(11)8(3)6-10/h4-6,10H,1,11H2,2-3H3/b5-4-,9-8-,10-6?. The summed E-state index contributed by atoms with van der Waals surface area (Å²) in [7, 11) is 0. The smallest absolute Gasteiger partial charge is 0.0359 e. The maximum absolute atomic E-state index is 6.91. The van der Waals surface area contributed by atoms with Crippen molar-refractivity contribution in [2.75, 3.05) is 0 Å². The van der Waals surface area contributed by atoms with Crippen LogP contribution in [0, 0.1) is 5.41 Å². The highest BCUT2D eigenvalue weighted by Crippen LogP contribution is 1.98. The van der Waals surface area contributed by atoms with E-state index >= 15 is 0 Å². The second-order valence-electron chi connectivity index (χ2n) is 2.46. The molecule has 60 valence electrons. The maximum atomic E-state index is 6.91. The lowest BCUT2D eigenvalue weighted by Gasteiger charge is -1.94. The number of nitrogens with one attached hydrogen (secondary N) is 1. The van der Waals surface area contributed by atoms with E-state index in [-0.39, 0.29) is 0 Å². The van der Waals surface area contributed by atoms with Gasteiger partial charge in [0.05, 0.1) is 0 Å². The van der Waals surface area contributed by atoms with E-state index in [0.29, 0.717) is 5.70 Å². The molecule has 0 radical (unpaired) electrons. The van der Waals surface area contributed by atoms with Crippen LogP contribution in [0.3, 0.4) is 0 Å². The van der Waals surface area contributed by atoms with Crippen LogP contribution in [0.2, 0.25) is 0 Å². The molecular weight excluding hydrogens is 136 g/mol. The minimum Gasteiger partial charge on any atom is -0.398 e. The highest BCUT2D eigenvalue weighted by molar-refractivity contribution is 5.76. The van der Waals surface area contributed by atoms with Crippen molar-refractivity contribution in [1.82, 2.24) is 0 Å². The van der Waals surface area contributed by atoms with Crippen LogP contribution >= 0.6 is 0 Å². The maximum Gasteiger partial charge on any atom is 0.0359 e. The van der Waals surface area contributed by atoms with Crippen LogP contribution in [0.25, 0.3) is 0 Å². The number of allylic oxidation sites excluding steroid dienone is 4. The fourth-order valence-electron chi connectivity index (χ4n) is 0.447. The summed E-state index contributed by atoms with van der Waals surface area (Å²) < 4.78 is 0. The SMILES string of the molecule is C=C(C)/C=C\C(N)=C(/C)C=N. The van der Waals surface area contributed by atoms with Crippen LogP contribution in [-0.2, 0) is 0 Å². The average molecular weight is 150 g/mol. The Morgan fingerprint density at radius 3 is 2.27 bits per heavy atom. The molecule has 0 amide bonds. The van der Waals surface area contributed by atoms with Gasteiger partial charge >= 0.3 is 0 Å².